The predicted octanol–water partition coefficient (Wildman–Crippen LogP) is 2.89. The van der Waals surface area contributed by atoms with Crippen molar-refractivity contribution in [3.63, 3.8) is 0 Å². The molecule has 0 spiro atoms. The summed E-state index contributed by atoms with van der Waals surface area (Å²) in [6.45, 7) is 3.50. The highest BCUT2D eigenvalue weighted by atomic mass is 14.9. The monoisotopic (exact) mass is 230 g/mol. The number of pyridine rings is 1. The molecule has 2 heterocycles. The Morgan fingerprint density at radius 2 is 2.29 bits per heavy atom. The van der Waals surface area contributed by atoms with Crippen LogP contribution in [-0.2, 0) is 6.42 Å². The smallest absolute Gasteiger partial charge is 0.0466 e. The van der Waals surface area contributed by atoms with Crippen molar-refractivity contribution in [2.75, 3.05) is 6.54 Å². The van der Waals surface area contributed by atoms with E-state index < -0.39 is 0 Å². The first-order valence-corrected chi connectivity index (χ1v) is 7.00. The van der Waals surface area contributed by atoms with Crippen molar-refractivity contribution in [3.05, 3.63) is 29.6 Å². The molecular weight excluding hydrogens is 208 g/mol. The SMILES string of the molecule is CC1CCC(CC2CCc3cccnc32)CN1. The maximum Gasteiger partial charge on any atom is 0.0466 e. The first-order valence-electron chi connectivity index (χ1n) is 7.00. The lowest BCUT2D eigenvalue weighted by Crippen LogP contribution is -2.37. The molecule has 17 heavy (non-hydrogen) atoms. The summed E-state index contributed by atoms with van der Waals surface area (Å²) < 4.78 is 0. The third kappa shape index (κ3) is 2.37. The Labute approximate surface area is 104 Å². The molecule has 0 saturated carbocycles. The number of rotatable bonds is 2. The normalized spacial score (nSPS) is 32.4. The van der Waals surface area contributed by atoms with Gasteiger partial charge in [0.15, 0.2) is 0 Å². The van der Waals surface area contributed by atoms with Gasteiger partial charge in [-0.25, -0.2) is 0 Å². The van der Waals surface area contributed by atoms with E-state index in [1.807, 2.05) is 6.20 Å². The summed E-state index contributed by atoms with van der Waals surface area (Å²) in [4.78, 5) is 4.60. The van der Waals surface area contributed by atoms with Crippen LogP contribution in [0.15, 0.2) is 18.3 Å². The van der Waals surface area contributed by atoms with Gasteiger partial charge in [0.2, 0.25) is 0 Å². The molecule has 0 radical (unpaired) electrons. The Balaban J connectivity index is 1.64. The second-order valence-corrected chi connectivity index (χ2v) is 5.77. The number of fused-ring (bicyclic) bond motifs is 1. The van der Waals surface area contributed by atoms with Crippen LogP contribution in [0.25, 0.3) is 0 Å². The van der Waals surface area contributed by atoms with Gasteiger partial charge >= 0.3 is 0 Å². The molecule has 3 unspecified atom stereocenters. The predicted molar refractivity (Wildman–Crippen MR) is 70.1 cm³/mol. The van der Waals surface area contributed by atoms with Crippen LogP contribution in [0, 0.1) is 5.92 Å². The molecule has 0 bridgehead atoms. The number of aromatic nitrogens is 1. The van der Waals surface area contributed by atoms with Gasteiger partial charge in [-0.1, -0.05) is 6.07 Å². The molecule has 1 aromatic heterocycles. The first-order chi connectivity index (χ1) is 8.33. The number of aryl methyl sites for hydroxylation is 1. The number of nitrogens with zero attached hydrogens (tertiary/aromatic N) is 1. The highest BCUT2D eigenvalue weighted by molar-refractivity contribution is 5.28. The van der Waals surface area contributed by atoms with E-state index in [1.165, 1.54) is 49.9 Å². The lowest BCUT2D eigenvalue weighted by molar-refractivity contribution is 0.292. The number of hydrogen-bond acceptors (Lipinski definition) is 2. The lowest BCUT2D eigenvalue weighted by Gasteiger charge is -2.29. The fourth-order valence-corrected chi connectivity index (χ4v) is 3.39. The van der Waals surface area contributed by atoms with Gasteiger partial charge in [-0.2, -0.15) is 0 Å². The zero-order valence-corrected chi connectivity index (χ0v) is 10.7. The third-order valence-electron chi connectivity index (χ3n) is 4.46. The van der Waals surface area contributed by atoms with E-state index >= 15 is 0 Å². The van der Waals surface area contributed by atoms with E-state index in [-0.39, 0.29) is 0 Å². The number of piperidine rings is 1. The van der Waals surface area contributed by atoms with Crippen molar-refractivity contribution in [2.24, 2.45) is 5.92 Å². The zero-order chi connectivity index (χ0) is 11.7. The van der Waals surface area contributed by atoms with E-state index in [2.05, 4.69) is 29.4 Å². The molecule has 1 fully saturated rings. The quantitative estimate of drug-likeness (QED) is 0.845. The van der Waals surface area contributed by atoms with Gasteiger partial charge in [-0.3, -0.25) is 4.98 Å². The molecule has 1 saturated heterocycles. The first kappa shape index (κ1) is 11.2. The van der Waals surface area contributed by atoms with Crippen LogP contribution >= 0.6 is 0 Å². The minimum Gasteiger partial charge on any atom is -0.314 e. The molecule has 1 aliphatic heterocycles. The topological polar surface area (TPSA) is 24.9 Å². The molecule has 1 aromatic rings. The second kappa shape index (κ2) is 4.77. The lowest BCUT2D eigenvalue weighted by atomic mass is 9.86. The summed E-state index contributed by atoms with van der Waals surface area (Å²) >= 11 is 0. The van der Waals surface area contributed by atoms with Gasteiger partial charge in [0.25, 0.3) is 0 Å². The highest BCUT2D eigenvalue weighted by Crippen LogP contribution is 2.37. The minimum absolute atomic E-state index is 0.722. The van der Waals surface area contributed by atoms with E-state index in [1.54, 1.807) is 0 Å². The van der Waals surface area contributed by atoms with Crippen molar-refractivity contribution >= 4 is 0 Å². The molecular formula is C15H22N2. The Bertz CT molecular complexity index is 380. The van der Waals surface area contributed by atoms with Gasteiger partial charge < -0.3 is 5.32 Å². The molecule has 3 atom stereocenters. The van der Waals surface area contributed by atoms with Crippen LogP contribution in [0.5, 0.6) is 0 Å². The molecule has 0 amide bonds. The van der Waals surface area contributed by atoms with Crippen LogP contribution in [0.4, 0.5) is 0 Å². The average molecular weight is 230 g/mol. The van der Waals surface area contributed by atoms with Crippen LogP contribution in [0.3, 0.4) is 0 Å². The summed E-state index contributed by atoms with van der Waals surface area (Å²) in [7, 11) is 0. The number of nitrogens with one attached hydrogen (secondary N) is 1. The maximum atomic E-state index is 4.60. The van der Waals surface area contributed by atoms with Gasteiger partial charge in [0.05, 0.1) is 0 Å². The average Bonchev–Trinajstić information content (AvgIpc) is 2.76. The Hall–Kier alpha value is -0.890. The van der Waals surface area contributed by atoms with E-state index in [4.69, 9.17) is 0 Å². The van der Waals surface area contributed by atoms with E-state index in [0.717, 1.165) is 17.9 Å². The van der Waals surface area contributed by atoms with Crippen LogP contribution in [0.1, 0.15) is 49.8 Å². The molecule has 0 aromatic carbocycles. The van der Waals surface area contributed by atoms with E-state index in [9.17, 15) is 0 Å². The Kier molecular flexibility index (Phi) is 3.15. The molecule has 2 aliphatic rings. The standard InChI is InChI=1S/C15H22N2/c1-11-4-5-12(10-17-11)9-14-7-6-13-3-2-8-16-15(13)14/h2-3,8,11-12,14,17H,4-7,9-10H2,1H3. The molecule has 2 nitrogen and oxygen atoms in total. The van der Waals surface area contributed by atoms with Gasteiger partial charge in [-0.15, -0.1) is 0 Å². The molecule has 92 valence electrons. The second-order valence-electron chi connectivity index (χ2n) is 5.77. The summed E-state index contributed by atoms with van der Waals surface area (Å²) in [6.07, 6.45) is 8.59. The summed E-state index contributed by atoms with van der Waals surface area (Å²) in [5.41, 5.74) is 2.89. The zero-order valence-electron chi connectivity index (χ0n) is 10.7. The highest BCUT2D eigenvalue weighted by Gasteiger charge is 2.27. The fourth-order valence-electron chi connectivity index (χ4n) is 3.39. The molecule has 1 aliphatic carbocycles. The van der Waals surface area contributed by atoms with Crippen LogP contribution in [-0.4, -0.2) is 17.6 Å². The van der Waals surface area contributed by atoms with Crippen molar-refractivity contribution in [1.82, 2.24) is 10.3 Å². The number of hydrogen-bond donors (Lipinski definition) is 1. The maximum absolute atomic E-state index is 4.60. The molecule has 2 heteroatoms. The molecule has 3 rings (SSSR count). The van der Waals surface area contributed by atoms with Crippen molar-refractivity contribution in [2.45, 2.75) is 51.0 Å². The van der Waals surface area contributed by atoms with Gasteiger partial charge in [0, 0.05) is 23.9 Å². The van der Waals surface area contributed by atoms with Crippen LogP contribution < -0.4 is 5.32 Å². The van der Waals surface area contributed by atoms with Crippen molar-refractivity contribution in [3.8, 4) is 0 Å². The Morgan fingerprint density at radius 3 is 3.12 bits per heavy atom. The van der Waals surface area contributed by atoms with Gasteiger partial charge in [0.1, 0.15) is 0 Å². The van der Waals surface area contributed by atoms with Crippen LogP contribution in [0.2, 0.25) is 0 Å². The summed E-state index contributed by atoms with van der Waals surface area (Å²) in [5.74, 6) is 1.59. The summed E-state index contributed by atoms with van der Waals surface area (Å²) in [5, 5.41) is 3.61. The Morgan fingerprint density at radius 1 is 1.35 bits per heavy atom. The third-order valence-corrected chi connectivity index (χ3v) is 4.46. The fraction of sp³-hybridized carbons (Fsp3) is 0.667. The summed E-state index contributed by atoms with van der Waals surface area (Å²) in [6, 6.07) is 5.05. The molecule has 1 N–H and O–H groups in total. The van der Waals surface area contributed by atoms with E-state index in [0.29, 0.717) is 0 Å². The van der Waals surface area contributed by atoms with Crippen molar-refractivity contribution < 1.29 is 0 Å². The largest absolute Gasteiger partial charge is 0.314 e. The minimum atomic E-state index is 0.722. The van der Waals surface area contributed by atoms with Gasteiger partial charge in [-0.05, 0) is 63.1 Å². The van der Waals surface area contributed by atoms with Crippen molar-refractivity contribution in [1.29, 1.82) is 0 Å².